The van der Waals surface area contributed by atoms with Gasteiger partial charge in [-0.05, 0) is 91.4 Å². The highest BCUT2D eigenvalue weighted by Crippen LogP contribution is 2.62. The molecule has 3 aliphatic rings. The number of phenols is 1. The summed E-state index contributed by atoms with van der Waals surface area (Å²) in [6.45, 7) is 2.27. The third-order valence-corrected chi connectivity index (χ3v) is 7.88. The Morgan fingerprint density at radius 1 is 1.08 bits per heavy atom. The van der Waals surface area contributed by atoms with E-state index in [1.807, 2.05) is 12.1 Å². The summed E-state index contributed by atoms with van der Waals surface area (Å²) in [4.78, 5) is 0. The van der Waals surface area contributed by atoms with Crippen LogP contribution in [0.3, 0.4) is 0 Å². The van der Waals surface area contributed by atoms with Crippen LogP contribution in [0.1, 0.15) is 88.2 Å². The van der Waals surface area contributed by atoms with Gasteiger partial charge in [0.05, 0.1) is 6.10 Å². The van der Waals surface area contributed by atoms with E-state index in [1.54, 1.807) is 0 Å². The summed E-state index contributed by atoms with van der Waals surface area (Å²) in [6.07, 6.45) is 13.4. The first kappa shape index (κ1) is 17.4. The van der Waals surface area contributed by atoms with E-state index in [0.717, 1.165) is 18.8 Å². The van der Waals surface area contributed by atoms with Crippen molar-refractivity contribution in [1.29, 1.82) is 0 Å². The quantitative estimate of drug-likeness (QED) is 0.688. The molecule has 2 heteroatoms. The van der Waals surface area contributed by atoms with Crippen molar-refractivity contribution in [3.8, 4) is 5.75 Å². The molecule has 4 rings (SSSR count). The molecule has 3 aliphatic carbocycles. The lowest BCUT2D eigenvalue weighted by atomic mass is 9.53. The maximum absolute atomic E-state index is 10.9. The molecule has 0 heterocycles. The Morgan fingerprint density at radius 3 is 2.80 bits per heavy atom. The van der Waals surface area contributed by atoms with Gasteiger partial charge in [0.25, 0.3) is 0 Å². The number of hydrogen-bond donors (Lipinski definition) is 2. The van der Waals surface area contributed by atoms with Crippen LogP contribution in [0.5, 0.6) is 5.75 Å². The third kappa shape index (κ3) is 2.91. The SMILES string of the molecule is CCCCCC[C@]12CC[C@@H]3c4ccc(O)cc4CC[C@H]3[C@@H]1CC[C@@H]2O. The molecule has 0 aromatic heterocycles. The number of phenolic OH excluding ortho intramolecular Hbond substituents is 1. The zero-order chi connectivity index (χ0) is 17.4. The van der Waals surface area contributed by atoms with E-state index in [9.17, 15) is 10.2 Å². The molecule has 2 N–H and O–H groups in total. The molecule has 0 aliphatic heterocycles. The molecule has 0 unspecified atom stereocenters. The zero-order valence-corrected chi connectivity index (χ0v) is 15.7. The first-order chi connectivity index (χ1) is 12.2. The van der Waals surface area contributed by atoms with Crippen molar-refractivity contribution in [2.75, 3.05) is 0 Å². The van der Waals surface area contributed by atoms with Gasteiger partial charge in [-0.25, -0.2) is 0 Å². The molecule has 0 spiro atoms. The van der Waals surface area contributed by atoms with Crippen LogP contribution in [0.15, 0.2) is 18.2 Å². The van der Waals surface area contributed by atoms with Crippen LogP contribution in [-0.2, 0) is 6.42 Å². The molecule has 2 fully saturated rings. The summed E-state index contributed by atoms with van der Waals surface area (Å²) in [6, 6.07) is 6.04. The van der Waals surface area contributed by atoms with Crippen LogP contribution in [0, 0.1) is 17.3 Å². The Labute approximate surface area is 152 Å². The van der Waals surface area contributed by atoms with Gasteiger partial charge in [0.2, 0.25) is 0 Å². The van der Waals surface area contributed by atoms with Crippen molar-refractivity contribution in [3.05, 3.63) is 29.3 Å². The van der Waals surface area contributed by atoms with Crippen molar-refractivity contribution in [2.24, 2.45) is 17.3 Å². The van der Waals surface area contributed by atoms with E-state index < -0.39 is 0 Å². The minimum atomic E-state index is -0.0682. The average molecular weight is 343 g/mol. The molecular weight excluding hydrogens is 308 g/mol. The lowest BCUT2D eigenvalue weighted by Crippen LogP contribution is -2.45. The summed E-state index contributed by atoms with van der Waals surface area (Å²) in [7, 11) is 0. The number of aliphatic hydroxyl groups is 1. The normalized spacial score (nSPS) is 36.6. The second-order valence-electron chi connectivity index (χ2n) is 8.97. The first-order valence-corrected chi connectivity index (χ1v) is 10.7. The Bertz CT molecular complexity index is 610. The predicted molar refractivity (Wildman–Crippen MR) is 102 cm³/mol. The standard InChI is InChI=1S/C23H34O2/c1-2-3-4-5-13-23-14-12-19-18-9-7-17(24)15-16(18)6-8-20(19)21(23)10-11-22(23)25/h7,9,15,19-22,24-25H,2-6,8,10-14H2,1H3/t19-,20-,21+,22+,23+/m1/s1. The molecular formula is C23H34O2. The summed E-state index contributed by atoms with van der Waals surface area (Å²) in [5.41, 5.74) is 3.08. The van der Waals surface area contributed by atoms with E-state index in [1.165, 1.54) is 68.9 Å². The zero-order valence-electron chi connectivity index (χ0n) is 15.7. The van der Waals surface area contributed by atoms with Gasteiger partial charge in [-0.3, -0.25) is 0 Å². The molecule has 0 bridgehead atoms. The highest BCUT2D eigenvalue weighted by atomic mass is 16.3. The summed E-state index contributed by atoms with van der Waals surface area (Å²) >= 11 is 0. The van der Waals surface area contributed by atoms with E-state index in [0.29, 0.717) is 17.6 Å². The topological polar surface area (TPSA) is 40.5 Å². The van der Waals surface area contributed by atoms with Gasteiger partial charge >= 0.3 is 0 Å². The Balaban J connectivity index is 1.56. The fourth-order valence-corrected chi connectivity index (χ4v) is 6.71. The van der Waals surface area contributed by atoms with Gasteiger partial charge in [0.1, 0.15) is 5.75 Å². The molecule has 138 valence electrons. The van der Waals surface area contributed by atoms with Crippen molar-refractivity contribution < 1.29 is 10.2 Å². The van der Waals surface area contributed by atoms with Crippen LogP contribution < -0.4 is 0 Å². The fourth-order valence-electron chi connectivity index (χ4n) is 6.71. The van der Waals surface area contributed by atoms with Crippen molar-refractivity contribution in [2.45, 2.75) is 89.6 Å². The fraction of sp³-hybridized carbons (Fsp3) is 0.739. The summed E-state index contributed by atoms with van der Waals surface area (Å²) < 4.78 is 0. The number of fused-ring (bicyclic) bond motifs is 5. The second kappa shape index (κ2) is 6.95. The van der Waals surface area contributed by atoms with E-state index in [4.69, 9.17) is 0 Å². The highest BCUT2D eigenvalue weighted by Gasteiger charge is 2.56. The van der Waals surface area contributed by atoms with Gasteiger partial charge in [-0.2, -0.15) is 0 Å². The molecule has 2 nitrogen and oxygen atoms in total. The minimum Gasteiger partial charge on any atom is -0.508 e. The number of aromatic hydroxyl groups is 1. The lowest BCUT2D eigenvalue weighted by Gasteiger charge is -2.52. The van der Waals surface area contributed by atoms with Gasteiger partial charge in [-0.15, -0.1) is 0 Å². The maximum atomic E-state index is 10.9. The van der Waals surface area contributed by atoms with Gasteiger partial charge < -0.3 is 10.2 Å². The molecule has 0 amide bonds. The first-order valence-electron chi connectivity index (χ1n) is 10.7. The van der Waals surface area contributed by atoms with Crippen molar-refractivity contribution in [3.63, 3.8) is 0 Å². The van der Waals surface area contributed by atoms with Gasteiger partial charge in [0, 0.05) is 0 Å². The third-order valence-electron chi connectivity index (χ3n) is 7.88. The second-order valence-corrected chi connectivity index (χ2v) is 8.97. The lowest BCUT2D eigenvalue weighted by molar-refractivity contribution is -0.0443. The molecule has 1 aromatic rings. The summed E-state index contributed by atoms with van der Waals surface area (Å²) in [5.74, 6) is 2.52. The molecule has 0 radical (unpaired) electrons. The number of benzene rings is 1. The molecule has 2 saturated carbocycles. The van der Waals surface area contributed by atoms with Crippen LogP contribution in [-0.4, -0.2) is 16.3 Å². The molecule has 25 heavy (non-hydrogen) atoms. The number of hydrogen-bond acceptors (Lipinski definition) is 2. The van der Waals surface area contributed by atoms with Crippen LogP contribution >= 0.6 is 0 Å². The smallest absolute Gasteiger partial charge is 0.115 e. The summed E-state index contributed by atoms with van der Waals surface area (Å²) in [5, 5.41) is 20.7. The highest BCUT2D eigenvalue weighted by molar-refractivity contribution is 5.40. The minimum absolute atomic E-state index is 0.0682. The molecule has 1 aromatic carbocycles. The number of aliphatic hydroxyl groups excluding tert-OH is 1. The van der Waals surface area contributed by atoms with Crippen LogP contribution in [0.2, 0.25) is 0 Å². The Kier molecular flexibility index (Phi) is 4.83. The van der Waals surface area contributed by atoms with Gasteiger partial charge in [-0.1, -0.05) is 38.7 Å². The van der Waals surface area contributed by atoms with E-state index >= 15 is 0 Å². The van der Waals surface area contributed by atoms with Crippen LogP contribution in [0.4, 0.5) is 0 Å². The maximum Gasteiger partial charge on any atom is 0.115 e. The number of unbranched alkanes of at least 4 members (excludes halogenated alkanes) is 3. The van der Waals surface area contributed by atoms with Crippen molar-refractivity contribution in [1.82, 2.24) is 0 Å². The monoisotopic (exact) mass is 342 g/mol. The van der Waals surface area contributed by atoms with Crippen molar-refractivity contribution >= 4 is 0 Å². The van der Waals surface area contributed by atoms with Gasteiger partial charge in [0.15, 0.2) is 0 Å². The number of rotatable bonds is 5. The molecule has 0 saturated heterocycles. The Hall–Kier alpha value is -1.02. The van der Waals surface area contributed by atoms with E-state index in [2.05, 4.69) is 13.0 Å². The average Bonchev–Trinajstić information content (AvgIpc) is 2.95. The predicted octanol–water partition coefficient (Wildman–Crippen LogP) is 5.56. The van der Waals surface area contributed by atoms with E-state index in [-0.39, 0.29) is 11.5 Å². The largest absolute Gasteiger partial charge is 0.508 e. The number of aryl methyl sites for hydroxylation is 1. The Morgan fingerprint density at radius 2 is 1.96 bits per heavy atom. The molecule has 5 atom stereocenters. The van der Waals surface area contributed by atoms with Crippen LogP contribution in [0.25, 0.3) is 0 Å².